The predicted octanol–water partition coefficient (Wildman–Crippen LogP) is 5.62. The normalized spacial score (nSPS) is 19.6. The summed E-state index contributed by atoms with van der Waals surface area (Å²) in [6.07, 6.45) is 3.77. The Kier molecular flexibility index (Phi) is 3.58. The topological polar surface area (TPSA) is 0 Å². The van der Waals surface area contributed by atoms with E-state index in [2.05, 4.69) is 60.6 Å². The van der Waals surface area contributed by atoms with Gasteiger partial charge in [-0.1, -0.05) is 60.6 Å². The lowest BCUT2D eigenvalue weighted by Crippen LogP contribution is -2.18. The minimum absolute atomic E-state index is 0.263. The molecule has 0 fully saturated rings. The highest BCUT2D eigenvalue weighted by atomic mass is 14.4. The fourth-order valence-corrected chi connectivity index (χ4v) is 3.47. The average Bonchev–Trinajstić information content (AvgIpc) is 2.69. The first kappa shape index (κ1) is 14.6. The molecule has 1 atom stereocenters. The van der Waals surface area contributed by atoms with Crippen LogP contribution in [0.4, 0.5) is 0 Å². The molecule has 0 aliphatic heterocycles. The summed E-state index contributed by atoms with van der Waals surface area (Å²) < 4.78 is 0. The predicted molar refractivity (Wildman–Crippen MR) is 85.0 cm³/mol. The third-order valence-corrected chi connectivity index (χ3v) is 4.69. The first-order valence-electron chi connectivity index (χ1n) is 7.80. The highest BCUT2D eigenvalue weighted by Crippen LogP contribution is 2.47. The highest BCUT2D eigenvalue weighted by Gasteiger charge is 2.34. The minimum atomic E-state index is 0.263. The van der Waals surface area contributed by atoms with Crippen LogP contribution in [0, 0.1) is 5.41 Å². The molecule has 0 radical (unpaired) electrons. The molecule has 106 valence electrons. The van der Waals surface area contributed by atoms with E-state index in [1.165, 1.54) is 24.8 Å². The van der Waals surface area contributed by atoms with Crippen LogP contribution < -0.4 is 0 Å². The van der Waals surface area contributed by atoms with E-state index < -0.39 is 0 Å². The van der Waals surface area contributed by atoms with E-state index in [1.807, 2.05) is 0 Å². The van der Waals surface area contributed by atoms with E-state index in [1.54, 1.807) is 16.7 Å². The van der Waals surface area contributed by atoms with Gasteiger partial charge < -0.3 is 0 Å². The van der Waals surface area contributed by atoms with E-state index >= 15 is 0 Å². The molecular formula is C19H30. The lowest BCUT2D eigenvalue weighted by molar-refractivity contribution is 0.318. The molecule has 0 spiro atoms. The maximum absolute atomic E-state index is 2.49. The summed E-state index contributed by atoms with van der Waals surface area (Å²) in [5, 5.41) is 0. The molecular weight excluding hydrogens is 228 g/mol. The van der Waals surface area contributed by atoms with Crippen molar-refractivity contribution in [3.05, 3.63) is 34.4 Å². The van der Waals surface area contributed by atoms with E-state index in [0.717, 1.165) is 5.92 Å². The number of aryl methyl sites for hydroxylation is 2. The Morgan fingerprint density at radius 2 is 1.68 bits per heavy atom. The van der Waals surface area contributed by atoms with Crippen LogP contribution >= 0.6 is 0 Å². The van der Waals surface area contributed by atoms with Crippen LogP contribution in [-0.4, -0.2) is 0 Å². The van der Waals surface area contributed by atoms with Crippen LogP contribution in [0.2, 0.25) is 0 Å². The molecule has 19 heavy (non-hydrogen) atoms. The van der Waals surface area contributed by atoms with Gasteiger partial charge in [-0.15, -0.1) is 0 Å². The van der Waals surface area contributed by atoms with E-state index in [4.69, 9.17) is 0 Å². The first-order chi connectivity index (χ1) is 8.64. The summed E-state index contributed by atoms with van der Waals surface area (Å²) in [5.74, 6) is 0.742. The van der Waals surface area contributed by atoms with Gasteiger partial charge in [-0.2, -0.15) is 0 Å². The van der Waals surface area contributed by atoms with Gasteiger partial charge in [-0.05, 0) is 58.3 Å². The van der Waals surface area contributed by atoms with Crippen LogP contribution in [0.15, 0.2) is 12.1 Å². The van der Waals surface area contributed by atoms with Gasteiger partial charge in [0.2, 0.25) is 0 Å². The molecule has 1 aromatic rings. The van der Waals surface area contributed by atoms with Crippen molar-refractivity contribution in [2.75, 3.05) is 0 Å². The summed E-state index contributed by atoms with van der Waals surface area (Å²) in [6, 6.07) is 4.96. The van der Waals surface area contributed by atoms with Crippen molar-refractivity contribution < 1.29 is 0 Å². The summed E-state index contributed by atoms with van der Waals surface area (Å²) in [7, 11) is 0. The quantitative estimate of drug-likeness (QED) is 0.613. The van der Waals surface area contributed by atoms with Crippen LogP contribution in [0.3, 0.4) is 0 Å². The molecule has 1 aliphatic rings. The van der Waals surface area contributed by atoms with Crippen LogP contribution in [0.5, 0.6) is 0 Å². The van der Waals surface area contributed by atoms with Gasteiger partial charge in [-0.3, -0.25) is 0 Å². The van der Waals surface area contributed by atoms with Crippen molar-refractivity contribution in [2.24, 2.45) is 5.41 Å². The third kappa shape index (κ3) is 2.73. The SMILES string of the molecule is CCc1cc(C(C)(C)C)cc2c1C(C(C)(C)C)CC2. The van der Waals surface area contributed by atoms with Gasteiger partial charge >= 0.3 is 0 Å². The minimum Gasteiger partial charge on any atom is -0.0613 e. The molecule has 0 N–H and O–H groups in total. The molecule has 1 unspecified atom stereocenters. The zero-order valence-corrected chi connectivity index (χ0v) is 13.9. The maximum Gasteiger partial charge on any atom is -0.0105 e. The van der Waals surface area contributed by atoms with Crippen molar-refractivity contribution in [2.45, 2.75) is 79.1 Å². The average molecular weight is 258 g/mol. The fraction of sp³-hybridized carbons (Fsp3) is 0.684. The molecule has 1 aromatic carbocycles. The number of hydrogen-bond acceptors (Lipinski definition) is 0. The monoisotopic (exact) mass is 258 g/mol. The van der Waals surface area contributed by atoms with Gasteiger partial charge in [0, 0.05) is 0 Å². The number of rotatable bonds is 1. The van der Waals surface area contributed by atoms with E-state index in [-0.39, 0.29) is 5.41 Å². The van der Waals surface area contributed by atoms with E-state index in [9.17, 15) is 0 Å². The molecule has 1 aliphatic carbocycles. The Balaban J connectivity index is 2.56. The third-order valence-electron chi connectivity index (χ3n) is 4.69. The molecule has 0 heteroatoms. The van der Waals surface area contributed by atoms with Gasteiger partial charge in [0.1, 0.15) is 0 Å². The van der Waals surface area contributed by atoms with Crippen molar-refractivity contribution in [3.63, 3.8) is 0 Å². The molecule has 0 amide bonds. The highest BCUT2D eigenvalue weighted by molar-refractivity contribution is 5.47. The van der Waals surface area contributed by atoms with Crippen molar-refractivity contribution in [1.82, 2.24) is 0 Å². The van der Waals surface area contributed by atoms with Crippen LogP contribution in [0.25, 0.3) is 0 Å². The van der Waals surface area contributed by atoms with Gasteiger partial charge in [0.25, 0.3) is 0 Å². The largest absolute Gasteiger partial charge is 0.0613 e. The zero-order chi connectivity index (χ0) is 14.4. The second kappa shape index (κ2) is 4.65. The molecule has 0 saturated heterocycles. The summed E-state index contributed by atoms with van der Waals surface area (Å²) in [6.45, 7) is 16.5. The second-order valence-electron chi connectivity index (χ2n) is 8.27. The second-order valence-corrected chi connectivity index (χ2v) is 8.27. The van der Waals surface area contributed by atoms with Gasteiger partial charge in [0.05, 0.1) is 0 Å². The van der Waals surface area contributed by atoms with Crippen LogP contribution in [-0.2, 0) is 18.3 Å². The molecule has 0 heterocycles. The van der Waals surface area contributed by atoms with Crippen molar-refractivity contribution >= 4 is 0 Å². The molecule has 0 saturated carbocycles. The smallest absolute Gasteiger partial charge is 0.0105 e. The van der Waals surface area contributed by atoms with Crippen molar-refractivity contribution in [3.8, 4) is 0 Å². The number of hydrogen-bond donors (Lipinski definition) is 0. The Morgan fingerprint density at radius 3 is 2.16 bits per heavy atom. The van der Waals surface area contributed by atoms with Gasteiger partial charge in [0.15, 0.2) is 0 Å². The molecule has 0 bridgehead atoms. The standard InChI is InChI=1S/C19H30/c1-8-13-11-15(18(2,3)4)12-14-9-10-16(17(13)14)19(5,6)7/h11-12,16H,8-10H2,1-7H3. The lowest BCUT2D eigenvalue weighted by Gasteiger charge is -2.30. The Labute approximate surface area is 119 Å². The maximum atomic E-state index is 2.49. The molecule has 2 rings (SSSR count). The number of fused-ring (bicyclic) bond motifs is 1. The van der Waals surface area contributed by atoms with E-state index in [0.29, 0.717) is 5.41 Å². The zero-order valence-electron chi connectivity index (χ0n) is 13.9. The Hall–Kier alpha value is -0.780. The summed E-state index contributed by atoms with van der Waals surface area (Å²) in [4.78, 5) is 0. The lowest BCUT2D eigenvalue weighted by atomic mass is 9.74. The Morgan fingerprint density at radius 1 is 1.05 bits per heavy atom. The summed E-state index contributed by atoms with van der Waals surface area (Å²) in [5.41, 5.74) is 7.07. The van der Waals surface area contributed by atoms with Crippen LogP contribution in [0.1, 0.15) is 83.1 Å². The molecule has 0 nitrogen and oxygen atoms in total. The molecule has 0 aromatic heterocycles. The Bertz CT molecular complexity index is 466. The summed E-state index contributed by atoms with van der Waals surface area (Å²) >= 11 is 0. The first-order valence-corrected chi connectivity index (χ1v) is 7.80. The fourth-order valence-electron chi connectivity index (χ4n) is 3.47. The van der Waals surface area contributed by atoms with Gasteiger partial charge in [-0.25, -0.2) is 0 Å². The number of benzene rings is 1. The van der Waals surface area contributed by atoms with Crippen molar-refractivity contribution in [1.29, 1.82) is 0 Å².